The lowest BCUT2D eigenvalue weighted by atomic mass is 9.82. The molecule has 0 saturated carbocycles. The maximum Gasteiger partial charge on any atom is 0.0590 e. The van der Waals surface area contributed by atoms with Gasteiger partial charge in [0.05, 0.1) is 6.10 Å². The van der Waals surface area contributed by atoms with Crippen molar-refractivity contribution < 1.29 is 4.74 Å². The van der Waals surface area contributed by atoms with Crippen LogP contribution in [0.4, 0.5) is 0 Å². The zero-order valence-electron chi connectivity index (χ0n) is 13.6. The van der Waals surface area contributed by atoms with Crippen LogP contribution in [0.1, 0.15) is 46.0 Å². The van der Waals surface area contributed by atoms with Crippen LogP contribution in [0.15, 0.2) is 0 Å². The predicted molar refractivity (Wildman–Crippen MR) is 83.9 cm³/mol. The summed E-state index contributed by atoms with van der Waals surface area (Å²) < 4.78 is 5.90. The maximum absolute atomic E-state index is 6.28. The normalized spacial score (nSPS) is 37.8. The molecule has 2 aliphatic heterocycles. The fourth-order valence-corrected chi connectivity index (χ4v) is 4.04. The smallest absolute Gasteiger partial charge is 0.0590 e. The Bertz CT molecular complexity index is 299. The zero-order valence-corrected chi connectivity index (χ0v) is 13.6. The fraction of sp³-hybridized carbons (Fsp3) is 1.00. The summed E-state index contributed by atoms with van der Waals surface area (Å²) in [6.45, 7) is 9.77. The Hall–Kier alpha value is -0.160. The average Bonchev–Trinajstić information content (AvgIpc) is 2.68. The van der Waals surface area contributed by atoms with Crippen molar-refractivity contribution >= 4 is 0 Å². The molecule has 0 spiro atoms. The largest absolute Gasteiger partial charge is 0.378 e. The molecule has 2 N–H and O–H groups in total. The van der Waals surface area contributed by atoms with E-state index in [4.69, 9.17) is 10.5 Å². The lowest BCUT2D eigenvalue weighted by molar-refractivity contribution is -0.0841. The van der Waals surface area contributed by atoms with Gasteiger partial charge in [-0.2, -0.15) is 0 Å². The van der Waals surface area contributed by atoms with Gasteiger partial charge < -0.3 is 15.4 Å². The van der Waals surface area contributed by atoms with Gasteiger partial charge in [-0.1, -0.05) is 13.8 Å². The van der Waals surface area contributed by atoms with E-state index in [1.54, 1.807) is 0 Å². The zero-order chi connectivity index (χ0) is 14.6. The van der Waals surface area contributed by atoms with Crippen molar-refractivity contribution in [2.75, 3.05) is 39.8 Å². The molecule has 3 unspecified atom stereocenters. The van der Waals surface area contributed by atoms with E-state index in [1.807, 2.05) is 0 Å². The van der Waals surface area contributed by atoms with Crippen molar-refractivity contribution in [1.29, 1.82) is 0 Å². The molecule has 4 heteroatoms. The second kappa shape index (κ2) is 7.21. The minimum Gasteiger partial charge on any atom is -0.378 e. The molecule has 2 saturated heterocycles. The Morgan fingerprint density at radius 2 is 2.05 bits per heavy atom. The van der Waals surface area contributed by atoms with Crippen LogP contribution < -0.4 is 5.73 Å². The van der Waals surface area contributed by atoms with E-state index < -0.39 is 0 Å². The predicted octanol–water partition coefficient (Wildman–Crippen LogP) is 1.69. The summed E-state index contributed by atoms with van der Waals surface area (Å²) in [4.78, 5) is 5.23. The van der Waals surface area contributed by atoms with Crippen LogP contribution in [-0.4, -0.2) is 67.3 Å². The highest BCUT2D eigenvalue weighted by molar-refractivity contribution is 4.99. The molecule has 0 aromatic heterocycles. The van der Waals surface area contributed by atoms with Crippen LogP contribution >= 0.6 is 0 Å². The highest BCUT2D eigenvalue weighted by Crippen LogP contribution is 2.34. The van der Waals surface area contributed by atoms with Crippen LogP contribution in [0, 0.1) is 0 Å². The average molecular weight is 283 g/mol. The summed E-state index contributed by atoms with van der Waals surface area (Å²) in [5.41, 5.74) is 6.45. The summed E-state index contributed by atoms with van der Waals surface area (Å²) >= 11 is 0. The number of likely N-dealkylation sites (N-methyl/N-ethyl adjacent to an activating group) is 1. The van der Waals surface area contributed by atoms with Crippen LogP contribution in [0.3, 0.4) is 0 Å². The van der Waals surface area contributed by atoms with Gasteiger partial charge in [-0.25, -0.2) is 0 Å². The third-order valence-corrected chi connectivity index (χ3v) is 5.35. The SMILES string of the molecule is CCC1CC(CN)(N2CCCN(C)CC2CC)CCO1. The van der Waals surface area contributed by atoms with E-state index in [0.29, 0.717) is 12.1 Å². The molecular weight excluding hydrogens is 250 g/mol. The molecule has 2 rings (SSSR count). The van der Waals surface area contributed by atoms with E-state index in [9.17, 15) is 0 Å². The Balaban J connectivity index is 2.18. The van der Waals surface area contributed by atoms with Crippen molar-refractivity contribution in [3.8, 4) is 0 Å². The van der Waals surface area contributed by atoms with Crippen molar-refractivity contribution in [2.45, 2.75) is 63.6 Å². The molecule has 4 nitrogen and oxygen atoms in total. The summed E-state index contributed by atoms with van der Waals surface area (Å²) in [5, 5.41) is 0. The highest BCUT2D eigenvalue weighted by atomic mass is 16.5. The molecule has 0 bridgehead atoms. The number of ether oxygens (including phenoxy) is 1. The lowest BCUT2D eigenvalue weighted by Gasteiger charge is -2.50. The van der Waals surface area contributed by atoms with Gasteiger partial charge >= 0.3 is 0 Å². The van der Waals surface area contributed by atoms with Gasteiger partial charge in [0.1, 0.15) is 0 Å². The van der Waals surface area contributed by atoms with Gasteiger partial charge in [0.25, 0.3) is 0 Å². The summed E-state index contributed by atoms with van der Waals surface area (Å²) in [7, 11) is 2.25. The standard InChI is InChI=1S/C16H33N3O/c1-4-14-12-18(3)8-6-9-19(14)16(13-17)7-10-20-15(5-2)11-16/h14-15H,4-13,17H2,1-3H3. The van der Waals surface area contributed by atoms with Crippen molar-refractivity contribution in [1.82, 2.24) is 9.80 Å². The third kappa shape index (κ3) is 3.35. The van der Waals surface area contributed by atoms with Crippen molar-refractivity contribution in [3.63, 3.8) is 0 Å². The summed E-state index contributed by atoms with van der Waals surface area (Å²) in [6, 6.07) is 0.640. The highest BCUT2D eigenvalue weighted by Gasteiger charge is 2.43. The maximum atomic E-state index is 6.28. The molecule has 20 heavy (non-hydrogen) atoms. The first kappa shape index (κ1) is 16.2. The summed E-state index contributed by atoms with van der Waals surface area (Å²) in [5.74, 6) is 0. The minimum atomic E-state index is 0.171. The molecule has 118 valence electrons. The van der Waals surface area contributed by atoms with Crippen molar-refractivity contribution in [3.05, 3.63) is 0 Å². The first-order chi connectivity index (χ1) is 9.65. The number of nitrogens with zero attached hydrogens (tertiary/aromatic N) is 2. The van der Waals surface area contributed by atoms with E-state index >= 15 is 0 Å². The monoisotopic (exact) mass is 283 g/mol. The van der Waals surface area contributed by atoms with E-state index in [0.717, 1.165) is 32.4 Å². The van der Waals surface area contributed by atoms with Gasteiger partial charge in [0.2, 0.25) is 0 Å². The van der Waals surface area contributed by atoms with E-state index in [1.165, 1.54) is 32.5 Å². The third-order valence-electron chi connectivity index (χ3n) is 5.35. The van der Waals surface area contributed by atoms with Crippen LogP contribution in [0.25, 0.3) is 0 Å². The Morgan fingerprint density at radius 3 is 2.70 bits per heavy atom. The molecular formula is C16H33N3O. The van der Waals surface area contributed by atoms with Crippen molar-refractivity contribution in [2.24, 2.45) is 5.73 Å². The molecule has 0 aromatic carbocycles. The van der Waals surface area contributed by atoms with Gasteiger partial charge in [-0.3, -0.25) is 4.90 Å². The molecule has 0 amide bonds. The van der Waals surface area contributed by atoms with E-state index in [2.05, 4.69) is 30.7 Å². The van der Waals surface area contributed by atoms with Crippen LogP contribution in [0.2, 0.25) is 0 Å². The van der Waals surface area contributed by atoms with Gasteiger partial charge in [-0.15, -0.1) is 0 Å². The first-order valence-corrected chi connectivity index (χ1v) is 8.42. The number of hydrogen-bond acceptors (Lipinski definition) is 4. The Kier molecular flexibility index (Phi) is 5.84. The summed E-state index contributed by atoms with van der Waals surface area (Å²) in [6.07, 6.45) is 6.17. The number of hydrogen-bond donors (Lipinski definition) is 1. The quantitative estimate of drug-likeness (QED) is 0.852. The molecule has 0 aliphatic carbocycles. The first-order valence-electron chi connectivity index (χ1n) is 8.42. The van der Waals surface area contributed by atoms with Gasteiger partial charge in [0.15, 0.2) is 0 Å². The minimum absolute atomic E-state index is 0.171. The van der Waals surface area contributed by atoms with Crippen LogP contribution in [0.5, 0.6) is 0 Å². The Labute approximate surface area is 124 Å². The second-order valence-electron chi connectivity index (χ2n) is 6.65. The lowest BCUT2D eigenvalue weighted by Crippen LogP contribution is -2.62. The van der Waals surface area contributed by atoms with Crippen LogP contribution in [-0.2, 0) is 4.74 Å². The molecule has 2 fully saturated rings. The second-order valence-corrected chi connectivity index (χ2v) is 6.65. The molecule has 3 atom stereocenters. The fourth-order valence-electron chi connectivity index (χ4n) is 4.04. The topological polar surface area (TPSA) is 41.7 Å². The molecule has 2 aliphatic rings. The number of nitrogens with two attached hydrogens (primary N) is 1. The number of rotatable bonds is 4. The molecule has 0 aromatic rings. The molecule has 0 radical (unpaired) electrons. The van der Waals surface area contributed by atoms with Gasteiger partial charge in [0, 0.05) is 37.8 Å². The van der Waals surface area contributed by atoms with Gasteiger partial charge in [-0.05, 0) is 45.7 Å². The Morgan fingerprint density at radius 1 is 1.25 bits per heavy atom. The van der Waals surface area contributed by atoms with E-state index in [-0.39, 0.29) is 5.54 Å². The molecule has 2 heterocycles.